The summed E-state index contributed by atoms with van der Waals surface area (Å²) in [6, 6.07) is 3.33. The van der Waals surface area contributed by atoms with Crippen molar-refractivity contribution in [2.45, 2.75) is 32.8 Å². The number of hydrogen-bond acceptors (Lipinski definition) is 3. The molecule has 1 aromatic carbocycles. The smallest absolute Gasteiger partial charge is 0.255 e. The molecule has 19 heavy (non-hydrogen) atoms. The van der Waals surface area contributed by atoms with Crippen molar-refractivity contribution in [3.8, 4) is 5.75 Å². The number of nitrogens with one attached hydrogen (secondary N) is 1. The molecule has 1 rings (SSSR count). The van der Waals surface area contributed by atoms with Gasteiger partial charge >= 0.3 is 0 Å². The molecular weight excluding hydrogens is 249 g/mol. The summed E-state index contributed by atoms with van der Waals surface area (Å²) < 4.78 is 18.1. The lowest BCUT2D eigenvalue weighted by atomic mass is 10.2. The zero-order valence-corrected chi connectivity index (χ0v) is 11.3. The van der Waals surface area contributed by atoms with Crippen molar-refractivity contribution < 1.29 is 19.0 Å². The Morgan fingerprint density at radius 1 is 1.42 bits per heavy atom. The molecule has 5 heteroatoms. The van der Waals surface area contributed by atoms with Gasteiger partial charge in [0.05, 0.1) is 11.7 Å². The first-order valence-electron chi connectivity index (χ1n) is 6.39. The SMILES string of the molecule is CC(C)OCCCCNC(=O)c1ccc(F)cc1O. The highest BCUT2D eigenvalue weighted by Crippen LogP contribution is 2.17. The van der Waals surface area contributed by atoms with E-state index < -0.39 is 11.7 Å². The predicted molar refractivity (Wildman–Crippen MR) is 70.7 cm³/mol. The maximum Gasteiger partial charge on any atom is 0.255 e. The third-order valence-corrected chi connectivity index (χ3v) is 2.51. The summed E-state index contributed by atoms with van der Waals surface area (Å²) in [5, 5.41) is 12.1. The molecule has 0 saturated carbocycles. The number of ether oxygens (including phenoxy) is 1. The van der Waals surface area contributed by atoms with E-state index in [4.69, 9.17) is 4.74 Å². The molecule has 0 aliphatic heterocycles. The zero-order valence-electron chi connectivity index (χ0n) is 11.3. The molecule has 1 amide bonds. The maximum absolute atomic E-state index is 12.8. The summed E-state index contributed by atoms with van der Waals surface area (Å²) in [5.41, 5.74) is 0.0832. The summed E-state index contributed by atoms with van der Waals surface area (Å²) in [5.74, 6) is -1.32. The van der Waals surface area contributed by atoms with Gasteiger partial charge in [-0.3, -0.25) is 4.79 Å². The van der Waals surface area contributed by atoms with E-state index in [-0.39, 0.29) is 17.4 Å². The first-order chi connectivity index (χ1) is 9.00. The van der Waals surface area contributed by atoms with Crippen molar-refractivity contribution in [3.63, 3.8) is 0 Å². The van der Waals surface area contributed by atoms with E-state index in [9.17, 15) is 14.3 Å². The largest absolute Gasteiger partial charge is 0.507 e. The van der Waals surface area contributed by atoms with E-state index in [2.05, 4.69) is 5.32 Å². The predicted octanol–water partition coefficient (Wildman–Crippen LogP) is 2.47. The normalized spacial score (nSPS) is 10.7. The third-order valence-electron chi connectivity index (χ3n) is 2.51. The number of carbonyl (C=O) groups is 1. The minimum absolute atomic E-state index is 0.0832. The van der Waals surface area contributed by atoms with Gasteiger partial charge in [-0.25, -0.2) is 4.39 Å². The number of amides is 1. The first-order valence-corrected chi connectivity index (χ1v) is 6.39. The molecule has 2 N–H and O–H groups in total. The number of unbranched alkanes of at least 4 members (excludes halogenated alkanes) is 1. The van der Waals surface area contributed by atoms with E-state index in [1.807, 2.05) is 13.8 Å². The lowest BCUT2D eigenvalue weighted by Gasteiger charge is -2.08. The molecule has 0 fully saturated rings. The van der Waals surface area contributed by atoms with Crippen molar-refractivity contribution in [1.29, 1.82) is 0 Å². The highest BCUT2D eigenvalue weighted by molar-refractivity contribution is 5.96. The van der Waals surface area contributed by atoms with Crippen LogP contribution in [0.4, 0.5) is 4.39 Å². The highest BCUT2D eigenvalue weighted by Gasteiger charge is 2.10. The van der Waals surface area contributed by atoms with Crippen molar-refractivity contribution in [2.75, 3.05) is 13.2 Å². The Kier molecular flexibility index (Phi) is 6.29. The number of carbonyl (C=O) groups excluding carboxylic acids is 1. The van der Waals surface area contributed by atoms with Crippen LogP contribution >= 0.6 is 0 Å². The van der Waals surface area contributed by atoms with Gasteiger partial charge in [0.25, 0.3) is 5.91 Å². The van der Waals surface area contributed by atoms with Crippen LogP contribution in [-0.4, -0.2) is 30.3 Å². The first kappa shape index (κ1) is 15.4. The molecular formula is C14H20FNO3. The second-order valence-electron chi connectivity index (χ2n) is 4.54. The molecule has 1 aromatic rings. The average molecular weight is 269 g/mol. The Hall–Kier alpha value is -1.62. The van der Waals surface area contributed by atoms with E-state index in [1.165, 1.54) is 6.07 Å². The highest BCUT2D eigenvalue weighted by atomic mass is 19.1. The standard InChI is InChI=1S/C14H20FNO3/c1-10(2)19-8-4-3-7-16-14(18)12-6-5-11(15)9-13(12)17/h5-6,9-10,17H,3-4,7-8H2,1-2H3,(H,16,18). The molecule has 0 aliphatic rings. The lowest BCUT2D eigenvalue weighted by Crippen LogP contribution is -2.24. The number of phenols is 1. The molecule has 0 atom stereocenters. The van der Waals surface area contributed by atoms with Gasteiger partial charge in [0, 0.05) is 19.2 Å². The number of hydrogen-bond donors (Lipinski definition) is 2. The van der Waals surface area contributed by atoms with Gasteiger partial charge in [-0.2, -0.15) is 0 Å². The molecule has 4 nitrogen and oxygen atoms in total. The van der Waals surface area contributed by atoms with Crippen molar-refractivity contribution in [3.05, 3.63) is 29.6 Å². The van der Waals surface area contributed by atoms with Crippen molar-refractivity contribution in [1.82, 2.24) is 5.32 Å². The van der Waals surface area contributed by atoms with Crippen LogP contribution in [0.25, 0.3) is 0 Å². The van der Waals surface area contributed by atoms with Crippen LogP contribution in [0.3, 0.4) is 0 Å². The summed E-state index contributed by atoms with van der Waals surface area (Å²) in [7, 11) is 0. The van der Waals surface area contributed by atoms with Crippen LogP contribution < -0.4 is 5.32 Å². The topological polar surface area (TPSA) is 58.6 Å². The van der Waals surface area contributed by atoms with Crippen LogP contribution in [0.2, 0.25) is 0 Å². The molecule has 0 spiro atoms. The van der Waals surface area contributed by atoms with E-state index in [0.29, 0.717) is 13.2 Å². The Bertz CT molecular complexity index is 421. The van der Waals surface area contributed by atoms with E-state index in [0.717, 1.165) is 25.0 Å². The Morgan fingerprint density at radius 3 is 2.79 bits per heavy atom. The van der Waals surface area contributed by atoms with Crippen LogP contribution in [0.15, 0.2) is 18.2 Å². The van der Waals surface area contributed by atoms with E-state index in [1.54, 1.807) is 0 Å². The molecule has 0 heterocycles. The molecule has 106 valence electrons. The summed E-state index contributed by atoms with van der Waals surface area (Å²) in [4.78, 5) is 11.7. The van der Waals surface area contributed by atoms with E-state index >= 15 is 0 Å². The van der Waals surface area contributed by atoms with Gasteiger partial charge in [0.1, 0.15) is 11.6 Å². The molecule has 0 aromatic heterocycles. The fraction of sp³-hybridized carbons (Fsp3) is 0.500. The van der Waals surface area contributed by atoms with Crippen LogP contribution in [0.1, 0.15) is 37.0 Å². The Morgan fingerprint density at radius 2 is 2.16 bits per heavy atom. The number of rotatable bonds is 7. The fourth-order valence-electron chi connectivity index (χ4n) is 1.54. The number of benzene rings is 1. The van der Waals surface area contributed by atoms with Crippen molar-refractivity contribution >= 4 is 5.91 Å². The zero-order chi connectivity index (χ0) is 14.3. The summed E-state index contributed by atoms with van der Waals surface area (Å²) >= 11 is 0. The van der Waals surface area contributed by atoms with Crippen LogP contribution in [0.5, 0.6) is 5.75 Å². The molecule has 0 radical (unpaired) electrons. The van der Waals surface area contributed by atoms with Crippen LogP contribution in [0, 0.1) is 5.82 Å². The van der Waals surface area contributed by atoms with Gasteiger partial charge in [-0.1, -0.05) is 0 Å². The minimum Gasteiger partial charge on any atom is -0.507 e. The van der Waals surface area contributed by atoms with Gasteiger partial charge in [0.2, 0.25) is 0 Å². The monoisotopic (exact) mass is 269 g/mol. The van der Waals surface area contributed by atoms with Gasteiger partial charge in [-0.05, 0) is 38.8 Å². The number of aromatic hydroxyl groups is 1. The second-order valence-corrected chi connectivity index (χ2v) is 4.54. The average Bonchev–Trinajstić information content (AvgIpc) is 2.32. The summed E-state index contributed by atoms with van der Waals surface area (Å²) in [6.45, 7) is 5.10. The lowest BCUT2D eigenvalue weighted by molar-refractivity contribution is 0.0754. The van der Waals surface area contributed by atoms with Gasteiger partial charge < -0.3 is 15.2 Å². The quantitative estimate of drug-likeness (QED) is 0.748. The Balaban J connectivity index is 2.28. The summed E-state index contributed by atoms with van der Waals surface area (Å²) in [6.07, 6.45) is 1.86. The van der Waals surface area contributed by atoms with Gasteiger partial charge in [0.15, 0.2) is 0 Å². The molecule has 0 unspecified atom stereocenters. The molecule has 0 saturated heterocycles. The van der Waals surface area contributed by atoms with Crippen molar-refractivity contribution in [2.24, 2.45) is 0 Å². The Labute approximate surface area is 112 Å². The number of phenolic OH excluding ortho intramolecular Hbond substituents is 1. The molecule has 0 aliphatic carbocycles. The number of halogens is 1. The van der Waals surface area contributed by atoms with Crippen LogP contribution in [-0.2, 0) is 4.74 Å². The maximum atomic E-state index is 12.8. The second kappa shape index (κ2) is 7.74. The molecule has 0 bridgehead atoms. The third kappa shape index (κ3) is 5.70. The van der Waals surface area contributed by atoms with Gasteiger partial charge in [-0.15, -0.1) is 0 Å². The minimum atomic E-state index is -0.570. The fourth-order valence-corrected chi connectivity index (χ4v) is 1.54.